The predicted octanol–water partition coefficient (Wildman–Crippen LogP) is 3.91. The fourth-order valence-corrected chi connectivity index (χ4v) is 4.44. The zero-order valence-electron chi connectivity index (χ0n) is 18.7. The molecule has 0 saturated heterocycles. The van der Waals surface area contributed by atoms with Crippen LogP contribution in [0.15, 0.2) is 18.3 Å². The van der Waals surface area contributed by atoms with Crippen molar-refractivity contribution >= 4 is 11.8 Å². The van der Waals surface area contributed by atoms with Crippen LogP contribution in [-0.4, -0.2) is 32.9 Å². The first-order valence-electron chi connectivity index (χ1n) is 10.4. The van der Waals surface area contributed by atoms with Crippen molar-refractivity contribution in [3.63, 3.8) is 0 Å². The molecule has 158 valence electrons. The Labute approximate surface area is 177 Å². The van der Waals surface area contributed by atoms with Crippen molar-refractivity contribution in [1.82, 2.24) is 19.7 Å². The van der Waals surface area contributed by atoms with Gasteiger partial charge in [-0.2, -0.15) is 10.1 Å². The first-order valence-corrected chi connectivity index (χ1v) is 10.4. The Balaban J connectivity index is 1.80. The number of benzene rings is 1. The molecule has 0 fully saturated rings. The topological polar surface area (TPSA) is 82.1 Å². The summed E-state index contributed by atoms with van der Waals surface area (Å²) in [5.74, 6) is 2.49. The molecule has 3 heterocycles. The standard InChI is InChI=1S/C23H30N6O/c1-13(2)20-16(5)25-23(24)26-22(20)29-7-8-30-21-14(3)9-17(10-18(21)11-29)19-12-28(6)27-15(19)4/h9-10,12-13H,7-8,11H2,1-6H3,(H2,24,25,26). The van der Waals surface area contributed by atoms with E-state index in [1.165, 1.54) is 0 Å². The van der Waals surface area contributed by atoms with Crippen LogP contribution in [0, 0.1) is 20.8 Å². The minimum Gasteiger partial charge on any atom is -0.491 e. The summed E-state index contributed by atoms with van der Waals surface area (Å²) >= 11 is 0. The van der Waals surface area contributed by atoms with Gasteiger partial charge >= 0.3 is 0 Å². The predicted molar refractivity (Wildman–Crippen MR) is 120 cm³/mol. The van der Waals surface area contributed by atoms with Crippen LogP contribution >= 0.6 is 0 Å². The van der Waals surface area contributed by atoms with Crippen LogP contribution in [0.2, 0.25) is 0 Å². The summed E-state index contributed by atoms with van der Waals surface area (Å²) in [6, 6.07) is 4.40. The van der Waals surface area contributed by atoms with E-state index in [-0.39, 0.29) is 0 Å². The van der Waals surface area contributed by atoms with Crippen molar-refractivity contribution in [1.29, 1.82) is 0 Å². The molecule has 4 rings (SSSR count). The molecule has 3 aromatic rings. The maximum Gasteiger partial charge on any atom is 0.222 e. The van der Waals surface area contributed by atoms with E-state index in [2.05, 4.69) is 59.1 Å². The van der Waals surface area contributed by atoms with E-state index in [4.69, 9.17) is 10.5 Å². The molecule has 7 heteroatoms. The van der Waals surface area contributed by atoms with Crippen LogP contribution in [0.4, 0.5) is 11.8 Å². The van der Waals surface area contributed by atoms with Crippen LogP contribution in [0.3, 0.4) is 0 Å². The normalized spacial score (nSPS) is 13.9. The summed E-state index contributed by atoms with van der Waals surface area (Å²) in [5.41, 5.74) is 13.7. The molecule has 0 amide bonds. The lowest BCUT2D eigenvalue weighted by molar-refractivity contribution is 0.329. The number of hydrogen-bond donors (Lipinski definition) is 1. The molecule has 0 atom stereocenters. The molecule has 30 heavy (non-hydrogen) atoms. The molecule has 0 radical (unpaired) electrons. The number of fused-ring (bicyclic) bond motifs is 1. The van der Waals surface area contributed by atoms with Crippen molar-refractivity contribution in [2.24, 2.45) is 7.05 Å². The molecule has 0 bridgehead atoms. The van der Waals surface area contributed by atoms with Gasteiger partial charge in [0.25, 0.3) is 0 Å². The van der Waals surface area contributed by atoms with E-state index in [0.717, 1.165) is 57.3 Å². The molecule has 0 saturated carbocycles. The highest BCUT2D eigenvalue weighted by Crippen LogP contribution is 2.36. The van der Waals surface area contributed by atoms with Gasteiger partial charge in [0.2, 0.25) is 5.95 Å². The lowest BCUT2D eigenvalue weighted by Gasteiger charge is -2.26. The van der Waals surface area contributed by atoms with Gasteiger partial charge in [0.1, 0.15) is 18.2 Å². The summed E-state index contributed by atoms with van der Waals surface area (Å²) < 4.78 is 8.04. The van der Waals surface area contributed by atoms with Gasteiger partial charge in [-0.3, -0.25) is 4.68 Å². The largest absolute Gasteiger partial charge is 0.491 e. The van der Waals surface area contributed by atoms with Gasteiger partial charge in [-0.25, -0.2) is 4.98 Å². The minimum absolute atomic E-state index is 0.301. The second-order valence-electron chi connectivity index (χ2n) is 8.41. The third kappa shape index (κ3) is 3.60. The highest BCUT2D eigenvalue weighted by atomic mass is 16.5. The van der Waals surface area contributed by atoms with Gasteiger partial charge in [0.05, 0.1) is 12.2 Å². The molecule has 7 nitrogen and oxygen atoms in total. The zero-order chi connectivity index (χ0) is 21.6. The quantitative estimate of drug-likeness (QED) is 0.710. The number of anilines is 2. The maximum absolute atomic E-state index is 6.18. The van der Waals surface area contributed by atoms with Gasteiger partial charge in [-0.1, -0.05) is 13.8 Å². The second-order valence-corrected chi connectivity index (χ2v) is 8.41. The van der Waals surface area contributed by atoms with Crippen molar-refractivity contribution in [2.75, 3.05) is 23.8 Å². The maximum atomic E-state index is 6.18. The third-order valence-corrected chi connectivity index (χ3v) is 5.66. The van der Waals surface area contributed by atoms with Gasteiger partial charge in [0, 0.05) is 42.2 Å². The first kappa shape index (κ1) is 20.2. The van der Waals surface area contributed by atoms with E-state index in [9.17, 15) is 0 Å². The molecule has 2 N–H and O–H groups in total. The minimum atomic E-state index is 0.301. The molecule has 1 aliphatic heterocycles. The Morgan fingerprint density at radius 1 is 1.10 bits per heavy atom. The third-order valence-electron chi connectivity index (χ3n) is 5.66. The molecular weight excluding hydrogens is 376 g/mol. The molecular formula is C23H30N6O. The van der Waals surface area contributed by atoms with Crippen molar-refractivity contribution in [3.8, 4) is 16.9 Å². The van der Waals surface area contributed by atoms with E-state index >= 15 is 0 Å². The van der Waals surface area contributed by atoms with Crippen molar-refractivity contribution in [2.45, 2.75) is 47.1 Å². The Morgan fingerprint density at radius 2 is 1.87 bits per heavy atom. The average molecular weight is 407 g/mol. The number of aromatic nitrogens is 4. The monoisotopic (exact) mass is 406 g/mol. The van der Waals surface area contributed by atoms with Crippen LogP contribution < -0.4 is 15.4 Å². The lowest BCUT2D eigenvalue weighted by Crippen LogP contribution is -2.28. The summed E-state index contributed by atoms with van der Waals surface area (Å²) in [7, 11) is 1.95. The van der Waals surface area contributed by atoms with Gasteiger partial charge in [-0.15, -0.1) is 0 Å². The molecule has 0 spiro atoms. The number of nitrogens with zero attached hydrogens (tertiary/aromatic N) is 5. The number of nitrogen functional groups attached to an aromatic ring is 1. The van der Waals surface area contributed by atoms with Crippen LogP contribution in [-0.2, 0) is 13.6 Å². The van der Waals surface area contributed by atoms with Crippen LogP contribution in [0.5, 0.6) is 5.75 Å². The molecule has 1 aliphatic rings. The Morgan fingerprint density at radius 3 is 2.53 bits per heavy atom. The van der Waals surface area contributed by atoms with E-state index in [0.29, 0.717) is 25.0 Å². The molecule has 0 aliphatic carbocycles. The highest BCUT2D eigenvalue weighted by molar-refractivity contribution is 5.69. The highest BCUT2D eigenvalue weighted by Gasteiger charge is 2.24. The Kier molecular flexibility index (Phi) is 5.13. The molecule has 2 aromatic heterocycles. The molecule has 0 unspecified atom stereocenters. The van der Waals surface area contributed by atoms with Crippen LogP contribution in [0.25, 0.3) is 11.1 Å². The number of nitrogens with two attached hydrogens (primary N) is 1. The zero-order valence-corrected chi connectivity index (χ0v) is 18.7. The number of hydrogen-bond acceptors (Lipinski definition) is 6. The number of aryl methyl sites for hydroxylation is 4. The fraction of sp³-hybridized carbons (Fsp3) is 0.435. The smallest absolute Gasteiger partial charge is 0.222 e. The summed E-state index contributed by atoms with van der Waals surface area (Å²) in [5, 5.41) is 4.50. The SMILES string of the molecule is Cc1cc(-c2cn(C)nc2C)cc2c1OCCN(c1nc(N)nc(C)c1C(C)C)C2. The van der Waals surface area contributed by atoms with Gasteiger partial charge in [0.15, 0.2) is 0 Å². The van der Waals surface area contributed by atoms with E-state index < -0.39 is 0 Å². The van der Waals surface area contributed by atoms with E-state index in [1.54, 1.807) is 0 Å². The number of rotatable bonds is 3. The first-order chi connectivity index (χ1) is 14.2. The summed E-state index contributed by atoms with van der Waals surface area (Å²) in [6.07, 6.45) is 2.07. The van der Waals surface area contributed by atoms with Crippen molar-refractivity contribution in [3.05, 3.63) is 46.4 Å². The summed E-state index contributed by atoms with van der Waals surface area (Å²) in [6.45, 7) is 12.5. The van der Waals surface area contributed by atoms with Gasteiger partial charge in [-0.05, 0) is 49.9 Å². The Hall–Kier alpha value is -3.09. The fourth-order valence-electron chi connectivity index (χ4n) is 4.44. The lowest BCUT2D eigenvalue weighted by atomic mass is 9.98. The van der Waals surface area contributed by atoms with Gasteiger partial charge < -0.3 is 15.4 Å². The molecule has 1 aromatic carbocycles. The number of ether oxygens (including phenoxy) is 1. The Bertz CT molecular complexity index is 1100. The van der Waals surface area contributed by atoms with Crippen molar-refractivity contribution < 1.29 is 4.74 Å². The van der Waals surface area contributed by atoms with Crippen LogP contribution in [0.1, 0.15) is 47.8 Å². The van der Waals surface area contributed by atoms with E-state index in [1.807, 2.05) is 25.6 Å². The average Bonchev–Trinajstić information content (AvgIpc) is 2.86. The summed E-state index contributed by atoms with van der Waals surface area (Å²) in [4.78, 5) is 11.3. The second kappa shape index (κ2) is 7.63.